The van der Waals surface area contributed by atoms with Crippen LogP contribution in [0, 0.1) is 5.92 Å². The highest BCUT2D eigenvalue weighted by Crippen LogP contribution is 2.23. The highest BCUT2D eigenvalue weighted by atomic mass is 16.4. The molecule has 0 saturated heterocycles. The van der Waals surface area contributed by atoms with E-state index in [9.17, 15) is 9.59 Å². The molecule has 0 amide bonds. The molecular weight excluding hydrogens is 218 g/mol. The van der Waals surface area contributed by atoms with Crippen molar-refractivity contribution < 1.29 is 14.7 Å². The Morgan fingerprint density at radius 3 is 2.76 bits per heavy atom. The molecule has 2 rings (SSSR count). The molecule has 0 bridgehead atoms. The highest BCUT2D eigenvalue weighted by molar-refractivity contribution is 6.11. The van der Waals surface area contributed by atoms with Gasteiger partial charge in [0.25, 0.3) is 0 Å². The van der Waals surface area contributed by atoms with Crippen LogP contribution in [-0.4, -0.2) is 22.6 Å². The fraction of sp³-hybridized carbons (Fsp3) is 0.308. The van der Waals surface area contributed by atoms with Crippen LogP contribution in [0.5, 0.6) is 0 Å². The van der Waals surface area contributed by atoms with Gasteiger partial charge in [0.05, 0.1) is 17.2 Å². The van der Waals surface area contributed by atoms with E-state index < -0.39 is 5.97 Å². The summed E-state index contributed by atoms with van der Waals surface area (Å²) in [4.78, 5) is 26.5. The summed E-state index contributed by atoms with van der Waals surface area (Å²) in [6, 6.07) is 6.44. The van der Waals surface area contributed by atoms with Crippen molar-refractivity contribution in [3.63, 3.8) is 0 Å². The zero-order valence-corrected chi connectivity index (χ0v) is 9.51. The van der Waals surface area contributed by atoms with E-state index in [0.717, 1.165) is 5.71 Å². The second-order valence-corrected chi connectivity index (χ2v) is 4.15. The zero-order chi connectivity index (χ0) is 12.4. The van der Waals surface area contributed by atoms with Gasteiger partial charge in [-0.25, -0.2) is 4.79 Å². The van der Waals surface area contributed by atoms with Crippen LogP contribution < -0.4 is 0 Å². The summed E-state index contributed by atoms with van der Waals surface area (Å²) in [5.74, 6) is -0.899. The minimum Gasteiger partial charge on any atom is -0.478 e. The molecule has 1 atom stereocenters. The van der Waals surface area contributed by atoms with Gasteiger partial charge in [-0.3, -0.25) is 9.79 Å². The quantitative estimate of drug-likeness (QED) is 0.850. The first-order valence-electron chi connectivity index (χ1n) is 5.51. The average Bonchev–Trinajstić information content (AvgIpc) is 2.61. The number of carbonyl (C=O) groups is 2. The molecule has 0 radical (unpaired) electrons. The fourth-order valence-corrected chi connectivity index (χ4v) is 1.90. The molecule has 0 aliphatic heterocycles. The number of carbonyl (C=O) groups excluding carboxylic acids is 1. The molecule has 1 fully saturated rings. The lowest BCUT2D eigenvalue weighted by atomic mass is 10.1. The lowest BCUT2D eigenvalue weighted by Crippen LogP contribution is -2.09. The normalized spacial score (nSPS) is 22.1. The van der Waals surface area contributed by atoms with E-state index in [1.54, 1.807) is 12.1 Å². The third kappa shape index (κ3) is 2.41. The van der Waals surface area contributed by atoms with Gasteiger partial charge >= 0.3 is 5.97 Å². The van der Waals surface area contributed by atoms with Crippen molar-refractivity contribution >= 4 is 23.2 Å². The number of hydrogen-bond acceptors (Lipinski definition) is 3. The van der Waals surface area contributed by atoms with E-state index in [1.165, 1.54) is 12.1 Å². The number of hydrogen-bond donors (Lipinski definition) is 1. The summed E-state index contributed by atoms with van der Waals surface area (Å²) < 4.78 is 0. The van der Waals surface area contributed by atoms with Crippen molar-refractivity contribution in [2.24, 2.45) is 10.9 Å². The number of benzene rings is 1. The van der Waals surface area contributed by atoms with Crippen molar-refractivity contribution in [2.45, 2.75) is 19.8 Å². The molecule has 1 saturated carbocycles. The Morgan fingerprint density at radius 2 is 2.18 bits per heavy atom. The molecular formula is C13H13NO3. The van der Waals surface area contributed by atoms with Gasteiger partial charge in [-0.2, -0.15) is 0 Å². The van der Waals surface area contributed by atoms with Crippen molar-refractivity contribution in [1.82, 2.24) is 0 Å². The third-order valence-corrected chi connectivity index (χ3v) is 2.98. The van der Waals surface area contributed by atoms with Gasteiger partial charge in [-0.15, -0.1) is 0 Å². The van der Waals surface area contributed by atoms with Crippen molar-refractivity contribution in [3.05, 3.63) is 29.8 Å². The van der Waals surface area contributed by atoms with E-state index in [1.807, 2.05) is 6.92 Å². The molecule has 0 heterocycles. The van der Waals surface area contributed by atoms with Gasteiger partial charge in [0.2, 0.25) is 0 Å². The molecule has 1 aliphatic rings. The number of carboxylic acid groups (broad SMARTS) is 1. The Bertz CT molecular complexity index is 505. The zero-order valence-electron chi connectivity index (χ0n) is 9.51. The Balaban J connectivity index is 2.30. The van der Waals surface area contributed by atoms with Gasteiger partial charge in [-0.1, -0.05) is 13.0 Å². The number of nitrogens with zero attached hydrogens (tertiary/aromatic N) is 1. The standard InChI is InChI=1S/C13H13NO3/c1-8-11(5-6-12(8)15)14-10-4-2-3-9(7-10)13(16)17/h2-4,7-8H,5-6H2,1H3,(H,16,17). The Hall–Kier alpha value is -1.97. The Morgan fingerprint density at radius 1 is 1.41 bits per heavy atom. The lowest BCUT2D eigenvalue weighted by Gasteiger charge is -2.03. The third-order valence-electron chi connectivity index (χ3n) is 2.98. The maximum Gasteiger partial charge on any atom is 0.335 e. The molecule has 4 nitrogen and oxygen atoms in total. The van der Waals surface area contributed by atoms with Crippen LogP contribution in [0.3, 0.4) is 0 Å². The van der Waals surface area contributed by atoms with Gasteiger partial charge in [0.15, 0.2) is 0 Å². The molecule has 0 spiro atoms. The first kappa shape index (κ1) is 11.5. The molecule has 0 aromatic heterocycles. The summed E-state index contributed by atoms with van der Waals surface area (Å²) in [5.41, 5.74) is 1.66. The first-order chi connectivity index (χ1) is 8.08. The highest BCUT2D eigenvalue weighted by Gasteiger charge is 2.26. The van der Waals surface area contributed by atoms with E-state index in [0.29, 0.717) is 18.5 Å². The van der Waals surface area contributed by atoms with Crippen LogP contribution in [0.1, 0.15) is 30.1 Å². The maximum atomic E-state index is 11.4. The molecule has 1 N–H and O–H groups in total. The molecule has 1 aromatic rings. The summed E-state index contributed by atoms with van der Waals surface area (Å²) in [6.07, 6.45) is 1.22. The SMILES string of the molecule is CC1C(=O)CCC1=Nc1cccc(C(=O)O)c1. The molecule has 1 aliphatic carbocycles. The number of aromatic carboxylic acids is 1. The van der Waals surface area contributed by atoms with E-state index >= 15 is 0 Å². The van der Waals surface area contributed by atoms with Crippen LogP contribution >= 0.6 is 0 Å². The summed E-state index contributed by atoms with van der Waals surface area (Å²) in [6.45, 7) is 1.84. The minimum atomic E-state index is -0.970. The molecule has 1 aromatic carbocycles. The Kier molecular flexibility index (Phi) is 3.04. The predicted octanol–water partition coefficient (Wildman–Crippen LogP) is 2.46. The summed E-state index contributed by atoms with van der Waals surface area (Å²) in [7, 11) is 0. The van der Waals surface area contributed by atoms with Crippen molar-refractivity contribution in [1.29, 1.82) is 0 Å². The fourth-order valence-electron chi connectivity index (χ4n) is 1.90. The lowest BCUT2D eigenvalue weighted by molar-refractivity contribution is -0.119. The van der Waals surface area contributed by atoms with E-state index in [4.69, 9.17) is 5.11 Å². The topological polar surface area (TPSA) is 66.7 Å². The van der Waals surface area contributed by atoms with Crippen LogP contribution in [0.15, 0.2) is 29.3 Å². The van der Waals surface area contributed by atoms with Gasteiger partial charge in [-0.05, 0) is 24.6 Å². The van der Waals surface area contributed by atoms with Crippen LogP contribution in [0.25, 0.3) is 0 Å². The average molecular weight is 231 g/mol. The largest absolute Gasteiger partial charge is 0.478 e. The number of rotatable bonds is 2. The summed E-state index contributed by atoms with van der Waals surface area (Å²) in [5, 5.41) is 8.86. The van der Waals surface area contributed by atoms with Crippen LogP contribution in [0.2, 0.25) is 0 Å². The number of ketones is 1. The molecule has 1 unspecified atom stereocenters. The monoisotopic (exact) mass is 231 g/mol. The van der Waals surface area contributed by atoms with Crippen LogP contribution in [0.4, 0.5) is 5.69 Å². The van der Waals surface area contributed by atoms with Gasteiger partial charge in [0.1, 0.15) is 5.78 Å². The number of Topliss-reactive ketones (excluding diaryl/α,β-unsaturated/α-hetero) is 1. The van der Waals surface area contributed by atoms with E-state index in [2.05, 4.69) is 4.99 Å². The first-order valence-corrected chi connectivity index (χ1v) is 5.51. The minimum absolute atomic E-state index is 0.136. The number of carboxylic acids is 1. The van der Waals surface area contributed by atoms with Crippen molar-refractivity contribution in [3.8, 4) is 0 Å². The second kappa shape index (κ2) is 4.49. The van der Waals surface area contributed by atoms with E-state index in [-0.39, 0.29) is 17.3 Å². The molecule has 88 valence electrons. The Labute approximate surface area is 99.0 Å². The van der Waals surface area contributed by atoms with Crippen LogP contribution in [-0.2, 0) is 4.79 Å². The van der Waals surface area contributed by atoms with Gasteiger partial charge < -0.3 is 5.11 Å². The van der Waals surface area contributed by atoms with Gasteiger partial charge in [0, 0.05) is 12.1 Å². The summed E-state index contributed by atoms with van der Waals surface area (Å²) >= 11 is 0. The predicted molar refractivity (Wildman–Crippen MR) is 63.9 cm³/mol. The van der Waals surface area contributed by atoms with Crippen molar-refractivity contribution in [2.75, 3.05) is 0 Å². The maximum absolute atomic E-state index is 11.4. The number of aliphatic imine (C=N–C) groups is 1. The smallest absolute Gasteiger partial charge is 0.335 e. The second-order valence-electron chi connectivity index (χ2n) is 4.15. The molecule has 4 heteroatoms. The molecule has 17 heavy (non-hydrogen) atoms.